The third kappa shape index (κ3) is 4.87. The van der Waals surface area contributed by atoms with E-state index in [2.05, 4.69) is 175 Å². The molecule has 9 aromatic carbocycles. The number of anilines is 3. The van der Waals surface area contributed by atoms with Gasteiger partial charge < -0.3 is 9.32 Å². The first-order valence-corrected chi connectivity index (χ1v) is 18.4. The molecule has 11 aromatic rings. The summed E-state index contributed by atoms with van der Waals surface area (Å²) in [7, 11) is 0. The fraction of sp³-hybridized carbons (Fsp3) is 0. The number of rotatable bonds is 5. The molecule has 0 aliphatic heterocycles. The van der Waals surface area contributed by atoms with Crippen molar-refractivity contribution in [3.05, 3.63) is 194 Å². The Balaban J connectivity index is 1.16. The highest BCUT2D eigenvalue weighted by atomic mass is 16.3. The number of hydrogen-bond donors (Lipinski definition) is 0. The van der Waals surface area contributed by atoms with E-state index in [0.29, 0.717) is 0 Å². The third-order valence-electron chi connectivity index (χ3n) is 10.8. The molecule has 2 aromatic heterocycles. The minimum atomic E-state index is 0.808. The maximum absolute atomic E-state index is 6.79. The van der Waals surface area contributed by atoms with Crippen molar-refractivity contribution < 1.29 is 4.42 Å². The van der Waals surface area contributed by atoms with Crippen LogP contribution < -0.4 is 4.90 Å². The number of benzene rings is 9. The van der Waals surface area contributed by atoms with Gasteiger partial charge >= 0.3 is 0 Å². The summed E-state index contributed by atoms with van der Waals surface area (Å²) in [6.07, 6.45) is 1.87. The molecule has 0 amide bonds. The molecule has 0 atom stereocenters. The van der Waals surface area contributed by atoms with Crippen molar-refractivity contribution in [2.45, 2.75) is 0 Å². The first-order chi connectivity index (χ1) is 26.8. The number of fused-ring (bicyclic) bond motifs is 8. The topological polar surface area (TPSA) is 29.3 Å². The van der Waals surface area contributed by atoms with Gasteiger partial charge in [-0.05, 0) is 109 Å². The van der Waals surface area contributed by atoms with Crippen LogP contribution in [-0.4, -0.2) is 4.98 Å². The molecule has 0 saturated carbocycles. The molecule has 54 heavy (non-hydrogen) atoms. The molecule has 3 heteroatoms. The van der Waals surface area contributed by atoms with E-state index in [1.54, 1.807) is 0 Å². The van der Waals surface area contributed by atoms with Crippen molar-refractivity contribution in [2.75, 3.05) is 4.90 Å². The maximum Gasteiger partial charge on any atom is 0.161 e. The lowest BCUT2D eigenvalue weighted by atomic mass is 9.93. The molecule has 0 aliphatic rings. The highest BCUT2D eigenvalue weighted by molar-refractivity contribution is 6.19. The number of hydrogen-bond acceptors (Lipinski definition) is 3. The lowest BCUT2D eigenvalue weighted by molar-refractivity contribution is 0.669. The number of furan rings is 1. The lowest BCUT2D eigenvalue weighted by Gasteiger charge is -2.27. The summed E-state index contributed by atoms with van der Waals surface area (Å²) in [5, 5.41) is 10.6. The summed E-state index contributed by atoms with van der Waals surface area (Å²) in [5.74, 6) is 0. The van der Waals surface area contributed by atoms with Crippen LogP contribution in [0.1, 0.15) is 0 Å². The third-order valence-corrected chi connectivity index (χ3v) is 10.8. The van der Waals surface area contributed by atoms with Crippen LogP contribution in [0.4, 0.5) is 17.1 Å². The summed E-state index contributed by atoms with van der Waals surface area (Å²) < 4.78 is 6.79. The molecule has 0 fully saturated rings. The van der Waals surface area contributed by atoms with E-state index >= 15 is 0 Å². The van der Waals surface area contributed by atoms with Crippen molar-refractivity contribution in [3.63, 3.8) is 0 Å². The molecular formula is C51H32N2O. The molecule has 252 valence electrons. The van der Waals surface area contributed by atoms with Gasteiger partial charge in [0.1, 0.15) is 11.3 Å². The fourth-order valence-corrected chi connectivity index (χ4v) is 8.27. The molecule has 2 heterocycles. The zero-order chi connectivity index (χ0) is 35.6. The van der Waals surface area contributed by atoms with E-state index in [9.17, 15) is 0 Å². The smallest absolute Gasteiger partial charge is 0.161 e. The second-order valence-corrected chi connectivity index (χ2v) is 14.0. The average molecular weight is 689 g/mol. The molecule has 0 unspecified atom stereocenters. The Morgan fingerprint density at radius 2 is 1.09 bits per heavy atom. The summed E-state index contributed by atoms with van der Waals surface area (Å²) >= 11 is 0. The van der Waals surface area contributed by atoms with Crippen molar-refractivity contribution in [3.8, 4) is 22.3 Å². The Morgan fingerprint density at radius 1 is 0.389 bits per heavy atom. The van der Waals surface area contributed by atoms with Crippen molar-refractivity contribution in [1.82, 2.24) is 4.98 Å². The number of nitrogens with zero attached hydrogens (tertiary/aromatic N) is 2. The Bertz CT molecular complexity index is 3230. The van der Waals surface area contributed by atoms with Crippen LogP contribution in [0.3, 0.4) is 0 Å². The van der Waals surface area contributed by atoms with Crippen LogP contribution in [0.2, 0.25) is 0 Å². The second kappa shape index (κ2) is 12.2. The van der Waals surface area contributed by atoms with Crippen LogP contribution in [0.25, 0.3) is 87.4 Å². The zero-order valence-corrected chi connectivity index (χ0v) is 29.3. The molecule has 0 radical (unpaired) electrons. The first-order valence-electron chi connectivity index (χ1n) is 18.4. The molecule has 0 bridgehead atoms. The van der Waals surface area contributed by atoms with Gasteiger partial charge in [0.05, 0.1) is 5.52 Å². The minimum absolute atomic E-state index is 0.808. The average Bonchev–Trinajstić information content (AvgIpc) is 3.61. The van der Waals surface area contributed by atoms with Gasteiger partial charge in [0, 0.05) is 33.7 Å². The molecular weight excluding hydrogens is 657 g/mol. The van der Waals surface area contributed by atoms with Gasteiger partial charge in [0.2, 0.25) is 0 Å². The quantitative estimate of drug-likeness (QED) is 0.169. The van der Waals surface area contributed by atoms with Crippen LogP contribution in [0, 0.1) is 0 Å². The van der Waals surface area contributed by atoms with E-state index in [0.717, 1.165) is 61.0 Å². The summed E-state index contributed by atoms with van der Waals surface area (Å²) in [4.78, 5) is 7.35. The Morgan fingerprint density at radius 3 is 1.96 bits per heavy atom. The van der Waals surface area contributed by atoms with Gasteiger partial charge in [-0.2, -0.15) is 0 Å². The standard InChI is InChI=1S/C51H32N2O/c1-2-12-35-29-36(23-22-33(35)11-1)34-24-26-40(27-25-34)53(50-49-39(15-10-28-52-49)32-47-45-20-7-8-21-48(45)54-51(47)50)41-16-9-14-37(30-41)46-31-38-13-3-4-17-42(38)43-18-5-6-19-44(43)46/h1-32H. The van der Waals surface area contributed by atoms with E-state index in [1.807, 2.05) is 24.4 Å². The summed E-state index contributed by atoms with van der Waals surface area (Å²) in [5.41, 5.74) is 10.2. The maximum atomic E-state index is 6.79. The number of para-hydroxylation sites is 1. The van der Waals surface area contributed by atoms with Gasteiger partial charge in [-0.1, -0.05) is 133 Å². The first kappa shape index (κ1) is 30.4. The molecule has 0 spiro atoms. The molecule has 0 N–H and O–H groups in total. The van der Waals surface area contributed by atoms with Crippen molar-refractivity contribution in [2.24, 2.45) is 0 Å². The fourth-order valence-electron chi connectivity index (χ4n) is 8.27. The minimum Gasteiger partial charge on any atom is -0.454 e. The van der Waals surface area contributed by atoms with Gasteiger partial charge in [-0.25, -0.2) is 0 Å². The highest BCUT2D eigenvalue weighted by Crippen LogP contribution is 2.47. The molecule has 0 aliphatic carbocycles. The van der Waals surface area contributed by atoms with E-state index in [4.69, 9.17) is 9.40 Å². The van der Waals surface area contributed by atoms with Crippen molar-refractivity contribution >= 4 is 82.2 Å². The van der Waals surface area contributed by atoms with E-state index in [-0.39, 0.29) is 0 Å². The van der Waals surface area contributed by atoms with E-state index in [1.165, 1.54) is 43.4 Å². The predicted octanol–water partition coefficient (Wildman–Crippen LogP) is 14.4. The van der Waals surface area contributed by atoms with Crippen LogP contribution >= 0.6 is 0 Å². The van der Waals surface area contributed by atoms with Gasteiger partial charge in [-0.3, -0.25) is 4.98 Å². The van der Waals surface area contributed by atoms with Crippen LogP contribution in [-0.2, 0) is 0 Å². The molecule has 3 nitrogen and oxygen atoms in total. The highest BCUT2D eigenvalue weighted by Gasteiger charge is 2.24. The Kier molecular flexibility index (Phi) is 6.86. The van der Waals surface area contributed by atoms with E-state index < -0.39 is 0 Å². The summed E-state index contributed by atoms with van der Waals surface area (Å²) in [6.45, 7) is 0. The van der Waals surface area contributed by atoms with Crippen molar-refractivity contribution in [1.29, 1.82) is 0 Å². The Labute approximate surface area is 312 Å². The van der Waals surface area contributed by atoms with Gasteiger partial charge in [0.25, 0.3) is 0 Å². The summed E-state index contributed by atoms with van der Waals surface area (Å²) in [6, 6.07) is 67.4. The SMILES string of the molecule is c1cc(-c2cc3ccccc3c3ccccc23)cc(N(c2ccc(-c3ccc4ccccc4c3)cc2)c2c3ncccc3cc3c2oc2ccccc23)c1. The second-order valence-electron chi connectivity index (χ2n) is 14.0. The van der Waals surface area contributed by atoms with Crippen LogP contribution in [0.15, 0.2) is 199 Å². The number of pyridine rings is 1. The molecule has 11 rings (SSSR count). The van der Waals surface area contributed by atoms with Gasteiger partial charge in [0.15, 0.2) is 5.58 Å². The van der Waals surface area contributed by atoms with Crippen LogP contribution in [0.5, 0.6) is 0 Å². The Hall–Kier alpha value is -7.23. The predicted molar refractivity (Wildman–Crippen MR) is 227 cm³/mol. The monoisotopic (exact) mass is 688 g/mol. The van der Waals surface area contributed by atoms with Gasteiger partial charge in [-0.15, -0.1) is 0 Å². The largest absolute Gasteiger partial charge is 0.454 e. The zero-order valence-electron chi connectivity index (χ0n) is 29.3. The molecule has 0 saturated heterocycles. The lowest BCUT2D eigenvalue weighted by Crippen LogP contribution is -2.11. The normalized spacial score (nSPS) is 11.7. The number of aromatic nitrogens is 1.